The van der Waals surface area contributed by atoms with Gasteiger partial charge in [0.25, 0.3) is 10.1 Å². The second-order valence-electron chi connectivity index (χ2n) is 3.51. The topological polar surface area (TPSA) is 93.3 Å². The molecule has 1 N–H and O–H groups in total. The molecule has 7 heteroatoms. The molecule has 17 heavy (non-hydrogen) atoms. The van der Waals surface area contributed by atoms with E-state index in [1.165, 1.54) is 12.1 Å². The van der Waals surface area contributed by atoms with E-state index in [-0.39, 0.29) is 4.90 Å². The van der Waals surface area contributed by atoms with Crippen LogP contribution in [0.15, 0.2) is 39.8 Å². The first-order chi connectivity index (χ1) is 8.07. The van der Waals surface area contributed by atoms with Crippen LogP contribution >= 0.6 is 0 Å². The van der Waals surface area contributed by atoms with Crippen molar-refractivity contribution in [2.75, 3.05) is 0 Å². The van der Waals surface area contributed by atoms with Gasteiger partial charge in [-0.25, -0.2) is 0 Å². The second-order valence-corrected chi connectivity index (χ2v) is 4.90. The van der Waals surface area contributed by atoms with Crippen LogP contribution in [0, 0.1) is 0 Å². The Labute approximate surface area is 95.6 Å². The first-order valence-corrected chi connectivity index (χ1v) is 6.13. The molecule has 0 saturated carbocycles. The van der Waals surface area contributed by atoms with E-state index in [9.17, 15) is 8.42 Å². The lowest BCUT2D eigenvalue weighted by Crippen LogP contribution is -1.98. The summed E-state index contributed by atoms with van der Waals surface area (Å²) in [5, 5.41) is 8.14. The molecule has 0 aliphatic heterocycles. The highest BCUT2D eigenvalue weighted by molar-refractivity contribution is 7.86. The Hall–Kier alpha value is -1.99. The zero-order valence-electron chi connectivity index (χ0n) is 8.36. The lowest BCUT2D eigenvalue weighted by atomic mass is 10.1. The molecule has 0 atom stereocenters. The lowest BCUT2D eigenvalue weighted by Gasteiger charge is -2.02. The maximum Gasteiger partial charge on any atom is 0.295 e. The molecular formula is C10H6N2O4S. The monoisotopic (exact) mass is 250 g/mol. The molecule has 1 aromatic heterocycles. The van der Waals surface area contributed by atoms with Crippen LogP contribution < -0.4 is 0 Å². The third kappa shape index (κ3) is 1.48. The first kappa shape index (κ1) is 10.2. The van der Waals surface area contributed by atoms with E-state index in [0.717, 1.165) is 0 Å². The van der Waals surface area contributed by atoms with E-state index < -0.39 is 10.1 Å². The predicted octanol–water partition coefficient (Wildman–Crippen LogP) is 1.62. The predicted molar refractivity (Wildman–Crippen MR) is 59.1 cm³/mol. The molecule has 0 radical (unpaired) electrons. The van der Waals surface area contributed by atoms with E-state index in [4.69, 9.17) is 9.08 Å². The summed E-state index contributed by atoms with van der Waals surface area (Å²) in [7, 11) is -4.26. The van der Waals surface area contributed by atoms with Gasteiger partial charge < -0.3 is 4.52 Å². The average Bonchev–Trinajstić information content (AvgIpc) is 2.75. The van der Waals surface area contributed by atoms with Crippen molar-refractivity contribution in [3.8, 4) is 0 Å². The highest BCUT2D eigenvalue weighted by Crippen LogP contribution is 2.28. The molecule has 0 fully saturated rings. The molecule has 0 amide bonds. The van der Waals surface area contributed by atoms with Crippen molar-refractivity contribution in [3.05, 3.63) is 30.3 Å². The third-order valence-corrected chi connectivity index (χ3v) is 3.43. The Bertz CT molecular complexity index is 823. The highest BCUT2D eigenvalue weighted by atomic mass is 32.2. The number of hydrogen-bond acceptors (Lipinski definition) is 5. The van der Waals surface area contributed by atoms with Gasteiger partial charge in [-0.15, -0.1) is 5.10 Å². The van der Waals surface area contributed by atoms with Crippen molar-refractivity contribution in [1.29, 1.82) is 0 Å². The van der Waals surface area contributed by atoms with E-state index in [1.54, 1.807) is 18.2 Å². The minimum absolute atomic E-state index is 0.153. The number of aromatic nitrogens is 2. The van der Waals surface area contributed by atoms with Gasteiger partial charge in [-0.2, -0.15) is 8.42 Å². The lowest BCUT2D eigenvalue weighted by molar-refractivity contribution is 0.424. The Kier molecular flexibility index (Phi) is 1.95. The number of nitrogens with zero attached hydrogens (tertiary/aromatic N) is 2. The Morgan fingerprint density at radius 2 is 1.94 bits per heavy atom. The van der Waals surface area contributed by atoms with Gasteiger partial charge in [0.2, 0.25) is 0 Å². The molecule has 0 aliphatic rings. The summed E-state index contributed by atoms with van der Waals surface area (Å²) in [4.78, 5) is -0.153. The largest absolute Gasteiger partial charge is 0.337 e. The van der Waals surface area contributed by atoms with Crippen molar-refractivity contribution >= 4 is 32.0 Å². The van der Waals surface area contributed by atoms with Crippen LogP contribution in [0.2, 0.25) is 0 Å². The fraction of sp³-hybridized carbons (Fsp3) is 0. The average molecular weight is 250 g/mol. The van der Waals surface area contributed by atoms with Crippen LogP contribution in [-0.4, -0.2) is 23.3 Å². The third-order valence-electron chi connectivity index (χ3n) is 2.51. The Morgan fingerprint density at radius 3 is 2.71 bits per heavy atom. The molecule has 3 rings (SSSR count). The number of benzene rings is 2. The summed E-state index contributed by atoms with van der Waals surface area (Å²) in [6.45, 7) is 0. The van der Waals surface area contributed by atoms with Gasteiger partial charge in [-0.3, -0.25) is 4.55 Å². The standard InChI is InChI=1S/C10H6N2O4S/c13-17(14,15)9-3-1-2-7-6(9)4-5-8-10(7)11-12-16-8/h1-5H,(H,13,14,15). The van der Waals surface area contributed by atoms with E-state index in [2.05, 4.69) is 10.4 Å². The minimum Gasteiger partial charge on any atom is -0.337 e. The normalized spacial score (nSPS) is 12.3. The summed E-state index contributed by atoms with van der Waals surface area (Å²) in [5.41, 5.74) is 0.929. The number of hydrogen-bond donors (Lipinski definition) is 1. The second kappa shape index (κ2) is 3.25. The van der Waals surface area contributed by atoms with Gasteiger partial charge in [0.1, 0.15) is 10.4 Å². The smallest absolute Gasteiger partial charge is 0.295 e. The van der Waals surface area contributed by atoms with Crippen molar-refractivity contribution in [1.82, 2.24) is 10.4 Å². The molecule has 0 aliphatic carbocycles. The van der Waals surface area contributed by atoms with E-state index in [1.807, 2.05) is 0 Å². The van der Waals surface area contributed by atoms with Crippen LogP contribution in [-0.2, 0) is 10.1 Å². The summed E-state index contributed by atoms with van der Waals surface area (Å²) in [5.74, 6) is 0. The van der Waals surface area contributed by atoms with Crippen LogP contribution in [0.1, 0.15) is 0 Å². The highest BCUT2D eigenvalue weighted by Gasteiger charge is 2.16. The van der Waals surface area contributed by atoms with Gasteiger partial charge in [-0.1, -0.05) is 12.1 Å². The zero-order chi connectivity index (χ0) is 12.0. The zero-order valence-corrected chi connectivity index (χ0v) is 9.18. The molecule has 0 saturated heterocycles. The summed E-state index contributed by atoms with van der Waals surface area (Å²) >= 11 is 0. The Balaban J connectivity index is 2.57. The molecule has 0 unspecified atom stereocenters. The van der Waals surface area contributed by atoms with E-state index in [0.29, 0.717) is 21.9 Å². The molecule has 2 aromatic carbocycles. The first-order valence-electron chi connectivity index (χ1n) is 4.69. The fourth-order valence-corrected chi connectivity index (χ4v) is 2.51. The quantitative estimate of drug-likeness (QED) is 0.659. The van der Waals surface area contributed by atoms with Gasteiger partial charge in [-0.05, 0) is 18.2 Å². The van der Waals surface area contributed by atoms with Crippen molar-refractivity contribution in [3.63, 3.8) is 0 Å². The molecule has 0 spiro atoms. The maximum absolute atomic E-state index is 11.2. The molecule has 1 heterocycles. The van der Waals surface area contributed by atoms with Gasteiger partial charge >= 0.3 is 0 Å². The van der Waals surface area contributed by atoms with Crippen LogP contribution in [0.25, 0.3) is 21.9 Å². The Morgan fingerprint density at radius 1 is 1.12 bits per heavy atom. The van der Waals surface area contributed by atoms with Gasteiger partial charge in [0.15, 0.2) is 5.58 Å². The fourth-order valence-electron chi connectivity index (χ4n) is 1.80. The summed E-state index contributed by atoms with van der Waals surface area (Å²) in [6, 6.07) is 7.66. The summed E-state index contributed by atoms with van der Waals surface area (Å²) in [6.07, 6.45) is 0. The van der Waals surface area contributed by atoms with Gasteiger partial charge in [0.05, 0.1) is 0 Å². The van der Waals surface area contributed by atoms with Crippen molar-refractivity contribution in [2.24, 2.45) is 0 Å². The van der Waals surface area contributed by atoms with Crippen LogP contribution in [0.4, 0.5) is 0 Å². The minimum atomic E-state index is -4.26. The van der Waals surface area contributed by atoms with Crippen LogP contribution in [0.3, 0.4) is 0 Å². The number of fused-ring (bicyclic) bond motifs is 3. The number of rotatable bonds is 1. The molecular weight excluding hydrogens is 244 g/mol. The molecule has 0 bridgehead atoms. The van der Waals surface area contributed by atoms with Crippen LogP contribution in [0.5, 0.6) is 0 Å². The molecule has 3 aromatic rings. The summed E-state index contributed by atoms with van der Waals surface area (Å²) < 4.78 is 36.4. The molecule has 6 nitrogen and oxygen atoms in total. The SMILES string of the molecule is O=S(=O)(O)c1cccc2c1ccc1onnc12. The van der Waals surface area contributed by atoms with Crippen molar-refractivity contribution in [2.45, 2.75) is 4.90 Å². The molecule has 86 valence electrons. The van der Waals surface area contributed by atoms with Gasteiger partial charge in [0, 0.05) is 16.0 Å². The van der Waals surface area contributed by atoms with Crippen molar-refractivity contribution < 1.29 is 17.5 Å². The van der Waals surface area contributed by atoms with E-state index >= 15 is 0 Å². The maximum atomic E-state index is 11.2.